The average molecular weight is 229 g/mol. The molecule has 7 heteroatoms. The molecule has 14 heavy (non-hydrogen) atoms. The fraction of sp³-hybridized carbons (Fsp3) is 0.286. The van der Waals surface area contributed by atoms with Crippen LogP contribution >= 0.6 is 24.0 Å². The predicted molar refractivity (Wildman–Crippen MR) is 62.6 cm³/mol. The van der Waals surface area contributed by atoms with Gasteiger partial charge in [-0.1, -0.05) is 17.8 Å². The van der Waals surface area contributed by atoms with Gasteiger partial charge in [0.25, 0.3) is 0 Å². The van der Waals surface area contributed by atoms with Gasteiger partial charge in [-0.05, 0) is 18.5 Å². The minimum absolute atomic E-state index is 0.494. The van der Waals surface area contributed by atoms with Gasteiger partial charge in [0.2, 0.25) is 11.1 Å². The Morgan fingerprint density at radius 1 is 1.79 bits per heavy atom. The number of thiocarbonyl (C=S) groups is 1. The number of anilines is 1. The van der Waals surface area contributed by atoms with Crippen molar-refractivity contribution in [2.75, 3.05) is 18.1 Å². The molecule has 0 unspecified atom stereocenters. The lowest BCUT2D eigenvalue weighted by atomic mass is 10.6. The number of hydrogen-bond acceptors (Lipinski definition) is 4. The standard InChI is InChI=1S/C7H11N5S2/c1-3-4-8-6(13)9-5-10-7(14-2)12-11-5/h3H,1,4H2,2H3,(H3,8,9,10,11,12,13). The number of nitrogens with one attached hydrogen (secondary N) is 3. The van der Waals surface area contributed by atoms with E-state index >= 15 is 0 Å². The molecule has 0 aromatic carbocycles. The van der Waals surface area contributed by atoms with Crippen LogP contribution < -0.4 is 10.6 Å². The smallest absolute Gasteiger partial charge is 0.225 e. The molecular weight excluding hydrogens is 218 g/mol. The lowest BCUT2D eigenvalue weighted by molar-refractivity contribution is 0.976. The molecule has 0 aliphatic rings. The Kier molecular flexibility index (Phi) is 4.41. The zero-order valence-corrected chi connectivity index (χ0v) is 9.34. The summed E-state index contributed by atoms with van der Waals surface area (Å²) in [7, 11) is 0. The van der Waals surface area contributed by atoms with E-state index in [9.17, 15) is 0 Å². The van der Waals surface area contributed by atoms with E-state index in [1.54, 1.807) is 6.08 Å². The summed E-state index contributed by atoms with van der Waals surface area (Å²) < 4.78 is 0. The Morgan fingerprint density at radius 2 is 2.57 bits per heavy atom. The molecule has 0 atom stereocenters. The quantitative estimate of drug-likeness (QED) is 0.407. The van der Waals surface area contributed by atoms with Crippen molar-refractivity contribution in [2.45, 2.75) is 5.16 Å². The van der Waals surface area contributed by atoms with Gasteiger partial charge in [-0.3, -0.25) is 0 Å². The Balaban J connectivity index is 2.43. The monoisotopic (exact) mass is 229 g/mol. The van der Waals surface area contributed by atoms with Crippen molar-refractivity contribution in [3.63, 3.8) is 0 Å². The van der Waals surface area contributed by atoms with Crippen molar-refractivity contribution in [3.05, 3.63) is 12.7 Å². The molecule has 0 amide bonds. The third-order valence-electron chi connectivity index (χ3n) is 1.29. The second-order valence-electron chi connectivity index (χ2n) is 2.29. The molecule has 0 spiro atoms. The third-order valence-corrected chi connectivity index (χ3v) is 2.08. The first kappa shape index (κ1) is 11.0. The molecule has 0 aliphatic heterocycles. The SMILES string of the molecule is C=CCNC(=S)Nc1nc(SC)n[nH]1. The Labute approximate surface area is 91.8 Å². The molecule has 0 fully saturated rings. The molecule has 1 rings (SSSR count). The second-order valence-corrected chi connectivity index (χ2v) is 3.48. The highest BCUT2D eigenvalue weighted by Gasteiger charge is 2.02. The summed E-state index contributed by atoms with van der Waals surface area (Å²) in [5.41, 5.74) is 0. The number of aromatic nitrogens is 3. The van der Waals surface area contributed by atoms with E-state index in [-0.39, 0.29) is 0 Å². The van der Waals surface area contributed by atoms with Crippen molar-refractivity contribution in [1.82, 2.24) is 20.5 Å². The Bertz CT molecular complexity index is 322. The van der Waals surface area contributed by atoms with Crippen LogP contribution in [0.2, 0.25) is 0 Å². The molecule has 3 N–H and O–H groups in total. The molecular formula is C7H11N5S2. The van der Waals surface area contributed by atoms with Crippen LogP contribution in [0.4, 0.5) is 5.95 Å². The zero-order valence-electron chi connectivity index (χ0n) is 7.70. The third kappa shape index (κ3) is 3.35. The van der Waals surface area contributed by atoms with Crippen LogP contribution in [0.5, 0.6) is 0 Å². The first-order valence-electron chi connectivity index (χ1n) is 3.88. The zero-order chi connectivity index (χ0) is 10.4. The molecule has 76 valence electrons. The Morgan fingerprint density at radius 3 is 3.14 bits per heavy atom. The summed E-state index contributed by atoms with van der Waals surface area (Å²) >= 11 is 6.44. The summed E-state index contributed by atoms with van der Waals surface area (Å²) in [5.74, 6) is 0.538. The van der Waals surface area contributed by atoms with Crippen molar-refractivity contribution in [1.29, 1.82) is 0 Å². The lowest BCUT2D eigenvalue weighted by Gasteiger charge is -2.04. The topological polar surface area (TPSA) is 65.6 Å². The molecule has 1 heterocycles. The van der Waals surface area contributed by atoms with Crippen molar-refractivity contribution < 1.29 is 0 Å². The van der Waals surface area contributed by atoms with Crippen LogP contribution in [0, 0.1) is 0 Å². The number of rotatable bonds is 4. The number of hydrogen-bond donors (Lipinski definition) is 3. The maximum Gasteiger partial charge on any atom is 0.225 e. The van der Waals surface area contributed by atoms with Gasteiger partial charge < -0.3 is 10.6 Å². The van der Waals surface area contributed by atoms with Crippen molar-refractivity contribution >= 4 is 35.0 Å². The normalized spacial score (nSPS) is 9.50. The van der Waals surface area contributed by atoms with Crippen LogP contribution in [0.15, 0.2) is 17.8 Å². The molecule has 0 saturated carbocycles. The molecule has 5 nitrogen and oxygen atoms in total. The minimum atomic E-state index is 0.494. The summed E-state index contributed by atoms with van der Waals surface area (Å²) in [5, 5.41) is 13.6. The fourth-order valence-corrected chi connectivity index (χ4v) is 1.21. The predicted octanol–water partition coefficient (Wildman–Crippen LogP) is 0.999. The maximum absolute atomic E-state index is 4.98. The van der Waals surface area contributed by atoms with Crippen LogP contribution in [-0.2, 0) is 0 Å². The molecule has 0 aliphatic carbocycles. The second kappa shape index (κ2) is 5.61. The van der Waals surface area contributed by atoms with Crippen LogP contribution in [0.3, 0.4) is 0 Å². The van der Waals surface area contributed by atoms with Crippen LogP contribution in [-0.4, -0.2) is 33.1 Å². The van der Waals surface area contributed by atoms with Crippen molar-refractivity contribution in [3.8, 4) is 0 Å². The summed E-state index contributed by atoms with van der Waals surface area (Å²) in [6, 6.07) is 0. The van der Waals surface area contributed by atoms with Gasteiger partial charge >= 0.3 is 0 Å². The number of thioether (sulfide) groups is 1. The highest BCUT2D eigenvalue weighted by Crippen LogP contribution is 2.08. The molecule has 1 aromatic rings. The minimum Gasteiger partial charge on any atom is -0.359 e. The lowest BCUT2D eigenvalue weighted by Crippen LogP contribution is -2.28. The van der Waals surface area contributed by atoms with E-state index in [0.717, 1.165) is 0 Å². The van der Waals surface area contributed by atoms with E-state index in [1.165, 1.54) is 11.8 Å². The van der Waals surface area contributed by atoms with E-state index in [1.807, 2.05) is 6.26 Å². The highest BCUT2D eigenvalue weighted by molar-refractivity contribution is 7.98. The maximum atomic E-state index is 4.98. The highest BCUT2D eigenvalue weighted by atomic mass is 32.2. The Hall–Kier alpha value is -1.08. The molecule has 0 saturated heterocycles. The summed E-state index contributed by atoms with van der Waals surface area (Å²) in [6.07, 6.45) is 3.63. The van der Waals surface area contributed by atoms with Crippen LogP contribution in [0.1, 0.15) is 0 Å². The van der Waals surface area contributed by atoms with Gasteiger partial charge in [0.15, 0.2) is 5.11 Å². The first-order valence-corrected chi connectivity index (χ1v) is 5.51. The van der Waals surface area contributed by atoms with Crippen molar-refractivity contribution in [2.24, 2.45) is 0 Å². The largest absolute Gasteiger partial charge is 0.359 e. The van der Waals surface area contributed by atoms with Gasteiger partial charge in [0, 0.05) is 6.54 Å². The van der Waals surface area contributed by atoms with E-state index in [0.29, 0.717) is 22.8 Å². The average Bonchev–Trinajstić information content (AvgIpc) is 2.62. The van der Waals surface area contributed by atoms with E-state index in [4.69, 9.17) is 12.2 Å². The van der Waals surface area contributed by atoms with E-state index in [2.05, 4.69) is 32.4 Å². The van der Waals surface area contributed by atoms with Gasteiger partial charge in [-0.15, -0.1) is 11.7 Å². The number of nitrogens with zero attached hydrogens (tertiary/aromatic N) is 2. The summed E-state index contributed by atoms with van der Waals surface area (Å²) in [6.45, 7) is 4.19. The molecule has 0 radical (unpaired) electrons. The van der Waals surface area contributed by atoms with Gasteiger partial charge in [-0.25, -0.2) is 5.10 Å². The summed E-state index contributed by atoms with van der Waals surface area (Å²) in [4.78, 5) is 4.11. The fourth-order valence-electron chi connectivity index (χ4n) is 0.710. The first-order chi connectivity index (χ1) is 6.76. The van der Waals surface area contributed by atoms with E-state index < -0.39 is 0 Å². The van der Waals surface area contributed by atoms with Gasteiger partial charge in [0.05, 0.1) is 0 Å². The van der Waals surface area contributed by atoms with Crippen LogP contribution in [0.25, 0.3) is 0 Å². The molecule has 0 bridgehead atoms. The number of H-pyrrole nitrogens is 1. The number of aromatic amines is 1. The molecule has 1 aromatic heterocycles. The van der Waals surface area contributed by atoms with Gasteiger partial charge in [-0.2, -0.15) is 4.98 Å². The van der Waals surface area contributed by atoms with Gasteiger partial charge in [0.1, 0.15) is 0 Å².